The highest BCUT2D eigenvalue weighted by atomic mass is 19.4. The first kappa shape index (κ1) is 19.6. The molecule has 0 aliphatic carbocycles. The number of rotatable bonds is 3. The predicted octanol–water partition coefficient (Wildman–Crippen LogP) is 4.91. The number of aliphatic hydroxyl groups excluding tert-OH is 1. The fourth-order valence-corrected chi connectivity index (χ4v) is 1.97. The minimum atomic E-state index is -5.40. The first-order valence-electron chi connectivity index (χ1n) is 6.17. The van der Waals surface area contributed by atoms with Gasteiger partial charge in [-0.15, -0.1) is 0 Å². The molecular weight excluding hydrogens is 343 g/mol. The van der Waals surface area contributed by atoms with Gasteiger partial charge >= 0.3 is 18.5 Å². The highest BCUT2D eigenvalue weighted by molar-refractivity contribution is 5.44. The standard InChI is InChI=1S/C13H11F9O/c1-6(5-23)2-8-9(12(17,18)19)3-7(11(14,15)16)4-10(8)13(20,21)22/h3-4,6,23H,2,5H2,1H3. The van der Waals surface area contributed by atoms with Crippen LogP contribution in [0.1, 0.15) is 29.2 Å². The minimum Gasteiger partial charge on any atom is -0.396 e. The smallest absolute Gasteiger partial charge is 0.396 e. The predicted molar refractivity (Wildman–Crippen MR) is 61.4 cm³/mol. The lowest BCUT2D eigenvalue weighted by molar-refractivity contribution is -0.149. The molecule has 1 aromatic carbocycles. The van der Waals surface area contributed by atoms with Gasteiger partial charge in [-0.25, -0.2) is 0 Å². The van der Waals surface area contributed by atoms with Crippen molar-refractivity contribution >= 4 is 0 Å². The topological polar surface area (TPSA) is 20.2 Å². The Kier molecular flexibility index (Phi) is 5.30. The van der Waals surface area contributed by atoms with Gasteiger partial charge in [0.1, 0.15) is 0 Å². The molecule has 0 saturated heterocycles. The van der Waals surface area contributed by atoms with Crippen molar-refractivity contribution in [3.8, 4) is 0 Å². The second-order valence-electron chi connectivity index (χ2n) is 5.04. The number of hydrogen-bond acceptors (Lipinski definition) is 1. The van der Waals surface area contributed by atoms with Crippen LogP contribution in [0, 0.1) is 5.92 Å². The van der Waals surface area contributed by atoms with E-state index < -0.39 is 59.7 Å². The van der Waals surface area contributed by atoms with Gasteiger partial charge in [-0.2, -0.15) is 39.5 Å². The highest BCUT2D eigenvalue weighted by Crippen LogP contribution is 2.44. The zero-order valence-corrected chi connectivity index (χ0v) is 11.5. The van der Waals surface area contributed by atoms with Crippen molar-refractivity contribution in [2.24, 2.45) is 5.92 Å². The second-order valence-corrected chi connectivity index (χ2v) is 5.04. The summed E-state index contributed by atoms with van der Waals surface area (Å²) >= 11 is 0. The van der Waals surface area contributed by atoms with Crippen molar-refractivity contribution in [2.45, 2.75) is 31.9 Å². The lowest BCUT2D eigenvalue weighted by Gasteiger charge is -2.22. The molecule has 0 aliphatic rings. The minimum absolute atomic E-state index is 0.339. The Morgan fingerprint density at radius 1 is 0.826 bits per heavy atom. The van der Waals surface area contributed by atoms with E-state index >= 15 is 0 Å². The van der Waals surface area contributed by atoms with Crippen LogP contribution in [0.25, 0.3) is 0 Å². The SMILES string of the molecule is CC(CO)Cc1c(C(F)(F)F)cc(C(F)(F)F)cc1C(F)(F)F. The summed E-state index contributed by atoms with van der Waals surface area (Å²) in [6.07, 6.45) is -17.0. The van der Waals surface area contributed by atoms with Crippen LogP contribution in [0.3, 0.4) is 0 Å². The molecule has 0 spiro atoms. The van der Waals surface area contributed by atoms with E-state index in [-0.39, 0.29) is 12.1 Å². The Morgan fingerprint density at radius 2 is 1.22 bits per heavy atom. The van der Waals surface area contributed by atoms with E-state index in [0.717, 1.165) is 0 Å². The van der Waals surface area contributed by atoms with Gasteiger partial charge in [0.2, 0.25) is 0 Å². The maximum absolute atomic E-state index is 12.9. The van der Waals surface area contributed by atoms with E-state index in [4.69, 9.17) is 5.11 Å². The molecule has 0 saturated carbocycles. The molecule has 23 heavy (non-hydrogen) atoms. The van der Waals surface area contributed by atoms with E-state index in [1.165, 1.54) is 6.92 Å². The van der Waals surface area contributed by atoms with Crippen LogP contribution in [0.2, 0.25) is 0 Å². The Bertz CT molecular complexity index is 519. The van der Waals surface area contributed by atoms with Crippen molar-refractivity contribution < 1.29 is 44.6 Å². The summed E-state index contributed by atoms with van der Waals surface area (Å²) in [6, 6.07) is -0.677. The molecule has 1 rings (SSSR count). The van der Waals surface area contributed by atoms with E-state index in [0.29, 0.717) is 0 Å². The third-order valence-corrected chi connectivity index (χ3v) is 3.05. The largest absolute Gasteiger partial charge is 0.416 e. The van der Waals surface area contributed by atoms with E-state index in [1.54, 1.807) is 0 Å². The lowest BCUT2D eigenvalue weighted by Crippen LogP contribution is -2.21. The summed E-state index contributed by atoms with van der Waals surface area (Å²) in [5.74, 6) is -0.992. The Morgan fingerprint density at radius 3 is 1.48 bits per heavy atom. The first-order chi connectivity index (χ1) is 10.2. The van der Waals surface area contributed by atoms with E-state index in [1.807, 2.05) is 0 Å². The fraction of sp³-hybridized carbons (Fsp3) is 0.538. The third-order valence-electron chi connectivity index (χ3n) is 3.05. The Balaban J connectivity index is 3.75. The molecule has 0 amide bonds. The molecule has 0 aliphatic heterocycles. The van der Waals surface area contributed by atoms with Gasteiger partial charge in [0.25, 0.3) is 0 Å². The second kappa shape index (κ2) is 6.21. The normalized spacial score (nSPS) is 14.9. The first-order valence-corrected chi connectivity index (χ1v) is 6.17. The van der Waals surface area contributed by atoms with Crippen LogP contribution in [0.5, 0.6) is 0 Å². The van der Waals surface area contributed by atoms with Crippen LogP contribution in [-0.4, -0.2) is 11.7 Å². The summed E-state index contributed by atoms with van der Waals surface area (Å²) in [6.45, 7) is 0.466. The highest BCUT2D eigenvalue weighted by Gasteiger charge is 2.44. The zero-order chi connectivity index (χ0) is 18.2. The van der Waals surface area contributed by atoms with Crippen molar-refractivity contribution in [1.29, 1.82) is 0 Å². The van der Waals surface area contributed by atoms with Crippen molar-refractivity contribution in [1.82, 2.24) is 0 Å². The summed E-state index contributed by atoms with van der Waals surface area (Å²) in [5, 5.41) is 8.82. The summed E-state index contributed by atoms with van der Waals surface area (Å²) in [4.78, 5) is 0. The number of alkyl halides is 9. The fourth-order valence-electron chi connectivity index (χ4n) is 1.97. The van der Waals surface area contributed by atoms with Gasteiger partial charge in [-0.05, 0) is 30.0 Å². The quantitative estimate of drug-likeness (QED) is 0.765. The van der Waals surface area contributed by atoms with Crippen LogP contribution in [0.4, 0.5) is 39.5 Å². The van der Waals surface area contributed by atoms with Crippen molar-refractivity contribution in [3.05, 3.63) is 34.4 Å². The summed E-state index contributed by atoms with van der Waals surface area (Å²) in [7, 11) is 0. The molecule has 1 aromatic rings. The Labute approximate surface area is 124 Å². The average Bonchev–Trinajstić information content (AvgIpc) is 2.34. The Hall–Kier alpha value is -1.45. The van der Waals surface area contributed by atoms with Gasteiger partial charge in [-0.3, -0.25) is 0 Å². The third kappa shape index (κ3) is 4.76. The van der Waals surface area contributed by atoms with Gasteiger partial charge in [0, 0.05) is 6.61 Å². The van der Waals surface area contributed by atoms with Gasteiger partial charge in [0.15, 0.2) is 0 Å². The molecule has 1 unspecified atom stereocenters. The molecule has 0 heterocycles. The van der Waals surface area contributed by atoms with E-state index in [9.17, 15) is 39.5 Å². The number of aliphatic hydroxyl groups is 1. The molecular formula is C13H11F9O. The molecule has 0 aromatic heterocycles. The van der Waals surface area contributed by atoms with Crippen molar-refractivity contribution in [3.63, 3.8) is 0 Å². The van der Waals surface area contributed by atoms with Crippen molar-refractivity contribution in [2.75, 3.05) is 6.61 Å². The molecule has 0 bridgehead atoms. The monoisotopic (exact) mass is 354 g/mol. The van der Waals surface area contributed by atoms with Crippen LogP contribution in [0.15, 0.2) is 12.1 Å². The summed E-state index contributed by atoms with van der Waals surface area (Å²) in [5.41, 5.74) is -7.34. The van der Waals surface area contributed by atoms with Gasteiger partial charge < -0.3 is 5.11 Å². The molecule has 10 heteroatoms. The molecule has 0 radical (unpaired) electrons. The van der Waals surface area contributed by atoms with Crippen LogP contribution < -0.4 is 0 Å². The lowest BCUT2D eigenvalue weighted by atomic mass is 9.90. The van der Waals surface area contributed by atoms with Gasteiger partial charge in [-0.1, -0.05) is 6.92 Å². The van der Waals surface area contributed by atoms with E-state index in [2.05, 4.69) is 0 Å². The van der Waals surface area contributed by atoms with Crippen LogP contribution in [-0.2, 0) is 24.9 Å². The van der Waals surface area contributed by atoms with Gasteiger partial charge in [0.05, 0.1) is 16.7 Å². The summed E-state index contributed by atoms with van der Waals surface area (Å²) < 4.78 is 115. The molecule has 1 atom stereocenters. The molecule has 1 N–H and O–H groups in total. The maximum Gasteiger partial charge on any atom is 0.416 e. The number of halogens is 9. The molecule has 132 valence electrons. The molecule has 0 fully saturated rings. The number of benzene rings is 1. The maximum atomic E-state index is 12.9. The molecule has 1 nitrogen and oxygen atoms in total. The number of hydrogen-bond donors (Lipinski definition) is 1. The zero-order valence-electron chi connectivity index (χ0n) is 11.5. The average molecular weight is 354 g/mol. The van der Waals surface area contributed by atoms with Crippen LogP contribution >= 0.6 is 0 Å².